The Kier molecular flexibility index (Phi) is 3.50. The number of benzene rings is 1. The average molecular weight is 248 g/mol. The Bertz CT molecular complexity index is 485. The van der Waals surface area contributed by atoms with E-state index < -0.39 is 6.10 Å². The van der Waals surface area contributed by atoms with Gasteiger partial charge in [0, 0.05) is 6.54 Å². The second-order valence-corrected chi connectivity index (χ2v) is 4.19. The third-order valence-electron chi connectivity index (χ3n) is 2.72. The summed E-state index contributed by atoms with van der Waals surface area (Å²) in [5.74, 6) is 0.0591. The van der Waals surface area contributed by atoms with Crippen LogP contribution in [-0.4, -0.2) is 24.5 Å². The summed E-state index contributed by atoms with van der Waals surface area (Å²) in [5, 5.41) is 5.51. The first-order valence-electron chi connectivity index (χ1n) is 6.02. The van der Waals surface area contributed by atoms with Crippen LogP contribution in [0, 0.1) is 0 Å². The predicted molar refractivity (Wildman–Crippen MR) is 67.8 cm³/mol. The van der Waals surface area contributed by atoms with Crippen molar-refractivity contribution in [3.8, 4) is 5.75 Å². The number of carbonyl (C=O) groups is 2. The maximum absolute atomic E-state index is 12.0. The molecule has 0 radical (unpaired) electrons. The Labute approximate surface area is 106 Å². The number of fused-ring (bicyclic) bond motifs is 1. The van der Waals surface area contributed by atoms with Gasteiger partial charge in [0.25, 0.3) is 11.8 Å². The van der Waals surface area contributed by atoms with Crippen molar-refractivity contribution in [3.05, 3.63) is 23.8 Å². The molecule has 1 atom stereocenters. The van der Waals surface area contributed by atoms with Crippen molar-refractivity contribution >= 4 is 17.5 Å². The third kappa shape index (κ3) is 2.30. The molecule has 0 saturated heterocycles. The Hall–Kier alpha value is -2.04. The first kappa shape index (κ1) is 12.4. The number of nitrogens with one attached hydrogen (secondary N) is 2. The zero-order chi connectivity index (χ0) is 13.1. The molecule has 0 saturated carbocycles. The zero-order valence-electron chi connectivity index (χ0n) is 10.4. The van der Waals surface area contributed by atoms with Crippen LogP contribution in [0.25, 0.3) is 0 Å². The first-order chi connectivity index (χ1) is 8.63. The Balaban J connectivity index is 2.30. The van der Waals surface area contributed by atoms with Crippen molar-refractivity contribution in [1.82, 2.24) is 5.32 Å². The average Bonchev–Trinajstić information content (AvgIpc) is 2.36. The van der Waals surface area contributed by atoms with Crippen LogP contribution in [-0.2, 0) is 4.79 Å². The second-order valence-electron chi connectivity index (χ2n) is 4.19. The first-order valence-corrected chi connectivity index (χ1v) is 6.02. The molecule has 1 aromatic carbocycles. The van der Waals surface area contributed by atoms with Gasteiger partial charge in [-0.1, -0.05) is 13.0 Å². The molecule has 2 rings (SSSR count). The minimum absolute atomic E-state index is 0.183. The molecule has 2 N–H and O–H groups in total. The molecule has 1 aromatic rings. The Morgan fingerprint density at radius 2 is 2.28 bits per heavy atom. The van der Waals surface area contributed by atoms with Crippen molar-refractivity contribution in [1.29, 1.82) is 0 Å². The molecule has 0 spiro atoms. The Morgan fingerprint density at radius 3 is 3.00 bits per heavy atom. The molecular weight excluding hydrogens is 232 g/mol. The fourth-order valence-corrected chi connectivity index (χ4v) is 1.74. The van der Waals surface area contributed by atoms with Gasteiger partial charge in [-0.2, -0.15) is 0 Å². The van der Waals surface area contributed by atoms with Crippen LogP contribution in [0.4, 0.5) is 5.69 Å². The molecular formula is C13H16N2O3. The molecule has 1 aliphatic heterocycles. The fraction of sp³-hybridized carbons (Fsp3) is 0.385. The van der Waals surface area contributed by atoms with Crippen LogP contribution in [0.3, 0.4) is 0 Å². The maximum atomic E-state index is 12.0. The van der Waals surface area contributed by atoms with Crippen LogP contribution in [0.15, 0.2) is 18.2 Å². The molecule has 18 heavy (non-hydrogen) atoms. The smallest absolute Gasteiger partial charge is 0.265 e. The van der Waals surface area contributed by atoms with Crippen LogP contribution < -0.4 is 15.4 Å². The highest BCUT2D eigenvalue weighted by atomic mass is 16.5. The number of carbonyl (C=O) groups excluding carboxylic acids is 2. The largest absolute Gasteiger partial charge is 0.478 e. The number of para-hydroxylation sites is 1. The van der Waals surface area contributed by atoms with E-state index in [1.807, 2.05) is 6.92 Å². The summed E-state index contributed by atoms with van der Waals surface area (Å²) < 4.78 is 5.50. The molecule has 96 valence electrons. The lowest BCUT2D eigenvalue weighted by Crippen LogP contribution is -2.36. The van der Waals surface area contributed by atoms with E-state index in [0.29, 0.717) is 23.5 Å². The maximum Gasteiger partial charge on any atom is 0.265 e. The molecule has 1 unspecified atom stereocenters. The van der Waals surface area contributed by atoms with Gasteiger partial charge in [-0.25, -0.2) is 0 Å². The predicted octanol–water partition coefficient (Wildman–Crippen LogP) is 1.55. The SMILES string of the molecule is CCCNC(=O)c1cccc2c1OC(C)C(=O)N2. The molecule has 0 bridgehead atoms. The summed E-state index contributed by atoms with van der Waals surface area (Å²) in [6, 6.07) is 5.13. The lowest BCUT2D eigenvalue weighted by Gasteiger charge is -2.25. The van der Waals surface area contributed by atoms with E-state index in [1.165, 1.54) is 0 Å². The van der Waals surface area contributed by atoms with Gasteiger partial charge < -0.3 is 15.4 Å². The summed E-state index contributed by atoms with van der Waals surface area (Å²) in [6.45, 7) is 4.25. The van der Waals surface area contributed by atoms with E-state index in [0.717, 1.165) is 6.42 Å². The summed E-state index contributed by atoms with van der Waals surface area (Å²) in [4.78, 5) is 23.4. The minimum atomic E-state index is -0.586. The summed E-state index contributed by atoms with van der Waals surface area (Å²) in [6.07, 6.45) is 0.284. The van der Waals surface area contributed by atoms with E-state index >= 15 is 0 Å². The number of rotatable bonds is 3. The minimum Gasteiger partial charge on any atom is -0.478 e. The molecule has 2 amide bonds. The van der Waals surface area contributed by atoms with Crippen molar-refractivity contribution in [3.63, 3.8) is 0 Å². The van der Waals surface area contributed by atoms with Gasteiger partial charge in [-0.05, 0) is 25.5 Å². The quantitative estimate of drug-likeness (QED) is 0.852. The molecule has 5 heteroatoms. The number of hydrogen-bond acceptors (Lipinski definition) is 3. The van der Waals surface area contributed by atoms with Crippen LogP contribution >= 0.6 is 0 Å². The lowest BCUT2D eigenvalue weighted by atomic mass is 10.1. The van der Waals surface area contributed by atoms with E-state index in [1.54, 1.807) is 25.1 Å². The van der Waals surface area contributed by atoms with Crippen molar-refractivity contribution < 1.29 is 14.3 Å². The van der Waals surface area contributed by atoms with Gasteiger partial charge in [-0.15, -0.1) is 0 Å². The molecule has 5 nitrogen and oxygen atoms in total. The second kappa shape index (κ2) is 5.08. The van der Waals surface area contributed by atoms with Gasteiger partial charge in [-0.3, -0.25) is 9.59 Å². The monoisotopic (exact) mass is 248 g/mol. The van der Waals surface area contributed by atoms with Crippen LogP contribution in [0.1, 0.15) is 30.6 Å². The van der Waals surface area contributed by atoms with Crippen molar-refractivity contribution in [2.45, 2.75) is 26.4 Å². The van der Waals surface area contributed by atoms with E-state index in [4.69, 9.17) is 4.74 Å². The summed E-state index contributed by atoms with van der Waals surface area (Å²) >= 11 is 0. The molecule has 1 aliphatic rings. The van der Waals surface area contributed by atoms with E-state index in [-0.39, 0.29) is 11.8 Å². The van der Waals surface area contributed by atoms with Crippen molar-refractivity contribution in [2.24, 2.45) is 0 Å². The highest BCUT2D eigenvalue weighted by Crippen LogP contribution is 2.33. The topological polar surface area (TPSA) is 67.4 Å². The standard InChI is InChI=1S/C13H16N2O3/c1-3-7-14-13(17)9-5-4-6-10-11(9)18-8(2)12(16)15-10/h4-6,8H,3,7H2,1-2H3,(H,14,17)(H,15,16). The normalized spacial score (nSPS) is 17.4. The molecule has 1 heterocycles. The van der Waals surface area contributed by atoms with Gasteiger partial charge in [0.15, 0.2) is 11.9 Å². The van der Waals surface area contributed by atoms with Gasteiger partial charge in [0.05, 0.1) is 11.3 Å². The zero-order valence-corrected chi connectivity index (χ0v) is 10.4. The van der Waals surface area contributed by atoms with Crippen LogP contribution in [0.5, 0.6) is 5.75 Å². The molecule has 0 aromatic heterocycles. The highest BCUT2D eigenvalue weighted by molar-refractivity contribution is 6.03. The molecule has 0 aliphatic carbocycles. The van der Waals surface area contributed by atoms with Crippen LogP contribution in [0.2, 0.25) is 0 Å². The Morgan fingerprint density at radius 1 is 1.50 bits per heavy atom. The lowest BCUT2D eigenvalue weighted by molar-refractivity contribution is -0.122. The number of amides is 2. The van der Waals surface area contributed by atoms with Crippen molar-refractivity contribution in [2.75, 3.05) is 11.9 Å². The summed E-state index contributed by atoms with van der Waals surface area (Å²) in [7, 11) is 0. The van der Waals surface area contributed by atoms with E-state index in [9.17, 15) is 9.59 Å². The molecule has 0 fully saturated rings. The van der Waals surface area contributed by atoms with Gasteiger partial charge in [0.1, 0.15) is 0 Å². The fourth-order valence-electron chi connectivity index (χ4n) is 1.74. The number of hydrogen-bond donors (Lipinski definition) is 2. The summed E-state index contributed by atoms with van der Waals surface area (Å²) in [5.41, 5.74) is 0.995. The third-order valence-corrected chi connectivity index (χ3v) is 2.72. The number of ether oxygens (including phenoxy) is 1. The highest BCUT2D eigenvalue weighted by Gasteiger charge is 2.27. The number of anilines is 1. The van der Waals surface area contributed by atoms with Gasteiger partial charge >= 0.3 is 0 Å². The van der Waals surface area contributed by atoms with E-state index in [2.05, 4.69) is 10.6 Å². The van der Waals surface area contributed by atoms with Gasteiger partial charge in [0.2, 0.25) is 0 Å².